The lowest BCUT2D eigenvalue weighted by molar-refractivity contribution is 1.33. The van der Waals surface area contributed by atoms with Crippen molar-refractivity contribution >= 4 is 11.3 Å². The molecular weight excluding hydrogens is 472 g/mol. The first kappa shape index (κ1) is 25.7. The Morgan fingerprint density at radius 2 is 1.15 bits per heavy atom. The Labute approximate surface area is 231 Å². The van der Waals surface area contributed by atoms with Gasteiger partial charge in [0.25, 0.3) is 0 Å². The topological polar surface area (TPSA) is 24.9 Å². The van der Waals surface area contributed by atoms with Gasteiger partial charge in [0.15, 0.2) is 0 Å². The zero-order valence-corrected chi connectivity index (χ0v) is 22.4. The summed E-state index contributed by atoms with van der Waals surface area (Å²) < 4.78 is 0. The van der Waals surface area contributed by atoms with Gasteiger partial charge in [0.1, 0.15) is 0 Å². The average molecular weight is 505 g/mol. The first-order valence-electron chi connectivity index (χ1n) is 13.2. The lowest BCUT2D eigenvalue weighted by Crippen LogP contribution is -1.89. The number of hydrogen-bond donors (Lipinski definition) is 1. The second kappa shape index (κ2) is 12.1. The summed E-state index contributed by atoms with van der Waals surface area (Å²) in [4.78, 5) is 4.21. The fourth-order valence-corrected chi connectivity index (χ4v) is 4.84. The molecule has 4 aromatic carbocycles. The summed E-state index contributed by atoms with van der Waals surface area (Å²) in [5.41, 5.74) is 12.8. The average Bonchev–Trinajstić information content (AvgIpc) is 3.01. The lowest BCUT2D eigenvalue weighted by Gasteiger charge is -2.13. The van der Waals surface area contributed by atoms with Crippen LogP contribution in [-0.4, -0.2) is 12.0 Å². The molecule has 0 saturated carbocycles. The van der Waals surface area contributed by atoms with Crippen LogP contribution in [0.4, 0.5) is 5.69 Å². The summed E-state index contributed by atoms with van der Waals surface area (Å²) in [6.07, 6.45) is 11.8. The summed E-state index contributed by atoms with van der Waals surface area (Å²) >= 11 is 0. The van der Waals surface area contributed by atoms with E-state index in [9.17, 15) is 0 Å². The molecule has 1 aromatic heterocycles. The quantitative estimate of drug-likeness (QED) is 0.213. The number of nitrogens with zero attached hydrogens (tertiary/aromatic N) is 1. The van der Waals surface area contributed by atoms with Crippen molar-refractivity contribution in [2.45, 2.75) is 6.92 Å². The van der Waals surface area contributed by atoms with E-state index in [2.05, 4.69) is 138 Å². The van der Waals surface area contributed by atoms with Gasteiger partial charge in [0.2, 0.25) is 0 Å². The second-order valence-corrected chi connectivity index (χ2v) is 9.39. The Kier molecular flexibility index (Phi) is 7.95. The maximum Gasteiger partial charge on any atom is 0.0343 e. The molecule has 0 spiro atoms. The molecule has 190 valence electrons. The van der Waals surface area contributed by atoms with Crippen molar-refractivity contribution in [1.29, 1.82) is 0 Å². The summed E-state index contributed by atoms with van der Waals surface area (Å²) in [6, 6.07) is 36.9. The molecule has 0 fully saturated rings. The minimum atomic E-state index is 1.10. The maximum absolute atomic E-state index is 4.21. The van der Waals surface area contributed by atoms with E-state index in [0.717, 1.165) is 28.0 Å². The standard InChI is InChI=1S/C37H32N2/c1-4-9-27(10-5-2)34-23-35(28-17-19-39-20-18-28)25-36(24-34)32-14-7-12-30(22-32)29-11-6-13-31(21-29)33-15-8-16-37(26-33)38-3/h4-26,38H,1H2,2-3H3/b10-5-,27-9+. The number of hydrogen-bond acceptors (Lipinski definition) is 2. The summed E-state index contributed by atoms with van der Waals surface area (Å²) in [5, 5.41) is 3.24. The number of allylic oxidation sites excluding steroid dienone is 5. The van der Waals surface area contributed by atoms with Crippen LogP contribution >= 0.6 is 0 Å². The zero-order chi connectivity index (χ0) is 27.0. The molecule has 0 radical (unpaired) electrons. The number of anilines is 1. The van der Waals surface area contributed by atoms with Crippen LogP contribution in [0.15, 0.2) is 146 Å². The Balaban J connectivity index is 1.60. The molecule has 0 bridgehead atoms. The third kappa shape index (κ3) is 5.97. The number of nitrogens with one attached hydrogen (secondary N) is 1. The third-order valence-corrected chi connectivity index (χ3v) is 6.80. The Morgan fingerprint density at radius 3 is 1.72 bits per heavy atom. The molecule has 1 heterocycles. The highest BCUT2D eigenvalue weighted by Crippen LogP contribution is 2.34. The smallest absolute Gasteiger partial charge is 0.0343 e. The maximum atomic E-state index is 4.21. The number of pyridine rings is 1. The lowest BCUT2D eigenvalue weighted by atomic mass is 9.91. The molecule has 1 N–H and O–H groups in total. The Bertz CT molecular complexity index is 1660. The van der Waals surface area contributed by atoms with Gasteiger partial charge < -0.3 is 5.32 Å². The Morgan fingerprint density at radius 1 is 0.641 bits per heavy atom. The van der Waals surface area contributed by atoms with E-state index in [-0.39, 0.29) is 0 Å². The molecule has 39 heavy (non-hydrogen) atoms. The molecule has 5 rings (SSSR count). The predicted octanol–water partition coefficient (Wildman–Crippen LogP) is 9.94. The number of benzene rings is 4. The van der Waals surface area contributed by atoms with Gasteiger partial charge in [0, 0.05) is 25.1 Å². The van der Waals surface area contributed by atoms with Crippen LogP contribution in [0.3, 0.4) is 0 Å². The molecule has 0 amide bonds. The third-order valence-electron chi connectivity index (χ3n) is 6.80. The van der Waals surface area contributed by atoms with Crippen molar-refractivity contribution in [3.05, 3.63) is 152 Å². The molecule has 5 aromatic rings. The monoisotopic (exact) mass is 504 g/mol. The van der Waals surface area contributed by atoms with Crippen LogP contribution in [0.5, 0.6) is 0 Å². The van der Waals surface area contributed by atoms with Crippen LogP contribution in [0.2, 0.25) is 0 Å². The van der Waals surface area contributed by atoms with Gasteiger partial charge in [-0.25, -0.2) is 0 Å². The van der Waals surface area contributed by atoms with Gasteiger partial charge in [0.05, 0.1) is 0 Å². The van der Waals surface area contributed by atoms with Gasteiger partial charge >= 0.3 is 0 Å². The van der Waals surface area contributed by atoms with E-state index in [4.69, 9.17) is 0 Å². The second-order valence-electron chi connectivity index (χ2n) is 9.39. The van der Waals surface area contributed by atoms with Crippen LogP contribution in [0.25, 0.3) is 50.1 Å². The van der Waals surface area contributed by atoms with E-state index >= 15 is 0 Å². The van der Waals surface area contributed by atoms with E-state index in [1.54, 1.807) is 0 Å². The molecule has 0 unspecified atom stereocenters. The van der Waals surface area contributed by atoms with Crippen LogP contribution < -0.4 is 5.32 Å². The van der Waals surface area contributed by atoms with Crippen molar-refractivity contribution in [3.8, 4) is 44.5 Å². The van der Waals surface area contributed by atoms with Gasteiger partial charge in [-0.15, -0.1) is 0 Å². The van der Waals surface area contributed by atoms with Crippen LogP contribution in [0, 0.1) is 0 Å². The zero-order valence-electron chi connectivity index (χ0n) is 22.4. The van der Waals surface area contributed by atoms with Gasteiger partial charge in [-0.05, 0) is 117 Å². The first-order valence-corrected chi connectivity index (χ1v) is 13.2. The van der Waals surface area contributed by atoms with Crippen molar-refractivity contribution in [2.24, 2.45) is 0 Å². The summed E-state index contributed by atoms with van der Waals surface area (Å²) in [7, 11) is 1.95. The van der Waals surface area contributed by atoms with Crippen LogP contribution in [-0.2, 0) is 0 Å². The first-order chi connectivity index (χ1) is 19.2. The van der Waals surface area contributed by atoms with E-state index in [0.29, 0.717) is 0 Å². The molecule has 0 aliphatic rings. The van der Waals surface area contributed by atoms with E-state index in [1.807, 2.05) is 32.4 Å². The van der Waals surface area contributed by atoms with Crippen LogP contribution in [0.1, 0.15) is 12.5 Å². The minimum Gasteiger partial charge on any atom is -0.388 e. The minimum absolute atomic E-state index is 1.10. The molecule has 2 heteroatoms. The van der Waals surface area contributed by atoms with Gasteiger partial charge in [-0.3, -0.25) is 4.98 Å². The predicted molar refractivity (Wildman–Crippen MR) is 169 cm³/mol. The molecule has 2 nitrogen and oxygen atoms in total. The Hall–Kier alpha value is -4.95. The summed E-state index contributed by atoms with van der Waals surface area (Å²) in [5.74, 6) is 0. The van der Waals surface area contributed by atoms with Crippen molar-refractivity contribution in [2.75, 3.05) is 12.4 Å². The molecule has 0 saturated heterocycles. The normalized spacial score (nSPS) is 11.5. The fraction of sp³-hybridized carbons (Fsp3) is 0.0541. The largest absolute Gasteiger partial charge is 0.388 e. The van der Waals surface area contributed by atoms with Crippen molar-refractivity contribution < 1.29 is 0 Å². The number of rotatable bonds is 8. The highest BCUT2D eigenvalue weighted by Gasteiger charge is 2.10. The number of aromatic nitrogens is 1. The molecule has 0 atom stereocenters. The molecule has 0 aliphatic heterocycles. The highest BCUT2D eigenvalue weighted by molar-refractivity contribution is 5.85. The molecular formula is C37H32N2. The fourth-order valence-electron chi connectivity index (χ4n) is 4.84. The van der Waals surface area contributed by atoms with Gasteiger partial charge in [-0.1, -0.05) is 79.4 Å². The van der Waals surface area contributed by atoms with Crippen molar-refractivity contribution in [1.82, 2.24) is 4.98 Å². The highest BCUT2D eigenvalue weighted by atomic mass is 14.8. The summed E-state index contributed by atoms with van der Waals surface area (Å²) in [6.45, 7) is 5.97. The SMILES string of the molecule is C=C/C=C(\C=C/C)c1cc(-c2ccncc2)cc(-c2cccc(-c3cccc(-c4cccc(NC)c4)c3)c2)c1. The van der Waals surface area contributed by atoms with Crippen molar-refractivity contribution in [3.63, 3.8) is 0 Å². The van der Waals surface area contributed by atoms with E-state index in [1.165, 1.54) is 33.4 Å². The van der Waals surface area contributed by atoms with E-state index < -0.39 is 0 Å². The van der Waals surface area contributed by atoms with Gasteiger partial charge in [-0.2, -0.15) is 0 Å². The molecule has 0 aliphatic carbocycles.